The van der Waals surface area contributed by atoms with Gasteiger partial charge in [0.2, 0.25) is 5.95 Å². The smallest absolute Gasteiger partial charge is 0.255 e. The molecule has 0 fully saturated rings. The van der Waals surface area contributed by atoms with Crippen molar-refractivity contribution in [2.24, 2.45) is 0 Å². The molecule has 0 saturated heterocycles. The highest BCUT2D eigenvalue weighted by molar-refractivity contribution is 6.00. The van der Waals surface area contributed by atoms with Gasteiger partial charge in [-0.2, -0.15) is 14.6 Å². The summed E-state index contributed by atoms with van der Waals surface area (Å²) in [7, 11) is 1.44. The Hall–Kier alpha value is -3.75. The molecule has 0 saturated carbocycles. The highest BCUT2D eigenvalue weighted by atomic mass is 19.1. The minimum atomic E-state index is -0.546. The molecule has 0 aliphatic heterocycles. The van der Waals surface area contributed by atoms with Crippen LogP contribution in [0.2, 0.25) is 0 Å². The van der Waals surface area contributed by atoms with E-state index in [1.165, 1.54) is 36.2 Å². The van der Waals surface area contributed by atoms with Gasteiger partial charge in [-0.15, -0.1) is 0 Å². The van der Waals surface area contributed by atoms with Gasteiger partial charge in [-0.3, -0.25) is 9.89 Å². The van der Waals surface area contributed by atoms with E-state index < -0.39 is 11.8 Å². The lowest BCUT2D eigenvalue weighted by Crippen LogP contribution is -2.22. The summed E-state index contributed by atoms with van der Waals surface area (Å²) in [6.45, 7) is 0.128. The van der Waals surface area contributed by atoms with E-state index in [1.54, 1.807) is 24.4 Å². The molecule has 0 aliphatic rings. The Morgan fingerprint density at radius 3 is 2.86 bits per heavy atom. The Bertz CT molecular complexity index is 1170. The third-order valence-electron chi connectivity index (χ3n) is 4.28. The fourth-order valence-corrected chi connectivity index (χ4v) is 2.91. The lowest BCUT2D eigenvalue weighted by atomic mass is 10.1. The molecule has 0 spiro atoms. The van der Waals surface area contributed by atoms with E-state index in [0.29, 0.717) is 33.5 Å². The molecule has 3 heterocycles. The molecule has 0 atom stereocenters. The van der Waals surface area contributed by atoms with Gasteiger partial charge in [0.1, 0.15) is 11.6 Å². The van der Waals surface area contributed by atoms with Crippen molar-refractivity contribution in [2.45, 2.75) is 6.54 Å². The predicted octanol–water partition coefficient (Wildman–Crippen LogP) is 2.94. The number of hydrogen-bond donors (Lipinski definition) is 2. The summed E-state index contributed by atoms with van der Waals surface area (Å²) in [5.74, 6) is -0.978. The number of carbonyl (C=O) groups excluding carboxylic acids is 1. The maximum Gasteiger partial charge on any atom is 0.255 e. The largest absolute Gasteiger partial charge is 0.497 e. The van der Waals surface area contributed by atoms with Crippen LogP contribution in [0.5, 0.6) is 5.75 Å². The van der Waals surface area contributed by atoms with Crippen molar-refractivity contribution in [3.8, 4) is 16.9 Å². The number of benzene rings is 1. The van der Waals surface area contributed by atoms with E-state index in [1.807, 2.05) is 0 Å². The van der Waals surface area contributed by atoms with Crippen LogP contribution in [0.4, 0.5) is 8.78 Å². The highest BCUT2D eigenvalue weighted by Gasteiger charge is 2.15. The number of pyridine rings is 1. The van der Waals surface area contributed by atoms with Crippen molar-refractivity contribution in [1.29, 1.82) is 0 Å². The lowest BCUT2D eigenvalue weighted by Gasteiger charge is -2.07. The standard InChI is InChI=1S/C19H15F2N5O2/c1-28-14-5-11(4-13(20)6-14)7-22-19(27)16-9-24-26-10-12(2-3-17(16)26)15-8-23-25-18(15)21/h2-6,8-10H,7H2,1H3,(H,22,27)(H,23,25). The van der Waals surface area contributed by atoms with Crippen LogP contribution in [-0.2, 0) is 6.54 Å². The van der Waals surface area contributed by atoms with Gasteiger partial charge < -0.3 is 10.1 Å². The van der Waals surface area contributed by atoms with Crippen LogP contribution in [0.25, 0.3) is 16.6 Å². The molecule has 0 bridgehead atoms. The quantitative estimate of drug-likeness (QED) is 0.555. The minimum Gasteiger partial charge on any atom is -0.497 e. The van der Waals surface area contributed by atoms with E-state index in [0.717, 1.165) is 0 Å². The zero-order valence-electron chi connectivity index (χ0n) is 14.7. The van der Waals surface area contributed by atoms with Crippen molar-refractivity contribution < 1.29 is 18.3 Å². The number of H-pyrrole nitrogens is 1. The second kappa shape index (κ2) is 7.10. The normalized spacial score (nSPS) is 11.0. The number of aromatic amines is 1. The molecule has 4 rings (SSSR count). The number of ether oxygens (including phenoxy) is 1. The number of hydrogen-bond acceptors (Lipinski definition) is 4. The summed E-state index contributed by atoms with van der Waals surface area (Å²) in [6.07, 6.45) is 4.41. The first-order valence-electron chi connectivity index (χ1n) is 8.33. The number of amides is 1. The van der Waals surface area contributed by atoms with E-state index in [4.69, 9.17) is 4.74 Å². The van der Waals surface area contributed by atoms with E-state index in [2.05, 4.69) is 20.6 Å². The number of nitrogens with one attached hydrogen (secondary N) is 2. The average Bonchev–Trinajstić information content (AvgIpc) is 3.31. The van der Waals surface area contributed by atoms with Gasteiger partial charge in [0.15, 0.2) is 0 Å². The van der Waals surface area contributed by atoms with Crippen molar-refractivity contribution >= 4 is 11.4 Å². The Morgan fingerprint density at radius 2 is 2.11 bits per heavy atom. The molecular weight excluding hydrogens is 368 g/mol. The number of nitrogens with zero attached hydrogens (tertiary/aromatic N) is 3. The molecule has 1 aromatic carbocycles. The summed E-state index contributed by atoms with van der Waals surface area (Å²) < 4.78 is 33.7. The molecule has 0 aliphatic carbocycles. The number of halogens is 2. The van der Waals surface area contributed by atoms with Crippen molar-refractivity contribution in [2.75, 3.05) is 7.11 Å². The van der Waals surface area contributed by atoms with Gasteiger partial charge >= 0.3 is 0 Å². The van der Waals surface area contributed by atoms with Crippen LogP contribution in [0.15, 0.2) is 48.9 Å². The molecule has 2 N–H and O–H groups in total. The molecule has 4 aromatic rings. The van der Waals surface area contributed by atoms with E-state index >= 15 is 0 Å². The molecule has 0 radical (unpaired) electrons. The fraction of sp³-hybridized carbons (Fsp3) is 0.105. The maximum atomic E-state index is 13.7. The number of carbonyl (C=O) groups is 1. The number of aromatic nitrogens is 4. The molecule has 7 nitrogen and oxygen atoms in total. The van der Waals surface area contributed by atoms with Crippen molar-refractivity contribution in [3.05, 3.63) is 71.8 Å². The van der Waals surface area contributed by atoms with Crippen LogP contribution in [-0.4, -0.2) is 32.8 Å². The number of rotatable bonds is 5. The van der Waals surface area contributed by atoms with Crippen molar-refractivity contribution in [3.63, 3.8) is 0 Å². The van der Waals surface area contributed by atoms with Gasteiger partial charge in [-0.05, 0) is 23.8 Å². The van der Waals surface area contributed by atoms with Gasteiger partial charge in [0, 0.05) is 24.4 Å². The fourth-order valence-electron chi connectivity index (χ4n) is 2.91. The maximum absolute atomic E-state index is 13.7. The highest BCUT2D eigenvalue weighted by Crippen LogP contribution is 2.23. The monoisotopic (exact) mass is 383 g/mol. The van der Waals surface area contributed by atoms with Gasteiger partial charge in [-0.25, -0.2) is 8.91 Å². The first-order valence-corrected chi connectivity index (χ1v) is 8.33. The topological polar surface area (TPSA) is 84.3 Å². The summed E-state index contributed by atoms with van der Waals surface area (Å²) in [6, 6.07) is 7.58. The summed E-state index contributed by atoms with van der Waals surface area (Å²) in [4.78, 5) is 12.5. The molecule has 142 valence electrons. The average molecular weight is 383 g/mol. The predicted molar refractivity (Wildman–Crippen MR) is 96.9 cm³/mol. The minimum absolute atomic E-state index is 0.128. The zero-order valence-corrected chi connectivity index (χ0v) is 14.7. The molecule has 0 unspecified atom stereocenters. The van der Waals surface area contributed by atoms with Crippen LogP contribution < -0.4 is 10.1 Å². The van der Waals surface area contributed by atoms with Crippen molar-refractivity contribution in [1.82, 2.24) is 25.1 Å². The Balaban J connectivity index is 1.55. The Labute approximate surface area is 157 Å². The van der Waals surface area contributed by atoms with Gasteiger partial charge in [0.05, 0.1) is 36.1 Å². The summed E-state index contributed by atoms with van der Waals surface area (Å²) in [5.41, 5.74) is 2.35. The van der Waals surface area contributed by atoms with Gasteiger partial charge in [-0.1, -0.05) is 6.07 Å². The van der Waals surface area contributed by atoms with Crippen LogP contribution >= 0.6 is 0 Å². The SMILES string of the molecule is COc1cc(F)cc(CNC(=O)c2cnn3cc(-c4cn[nH]c4F)ccc23)c1. The van der Waals surface area contributed by atoms with Gasteiger partial charge in [0.25, 0.3) is 5.91 Å². The molecule has 28 heavy (non-hydrogen) atoms. The molecule has 9 heteroatoms. The second-order valence-corrected chi connectivity index (χ2v) is 6.09. The lowest BCUT2D eigenvalue weighted by molar-refractivity contribution is 0.0952. The zero-order chi connectivity index (χ0) is 19.7. The second-order valence-electron chi connectivity index (χ2n) is 6.09. The molecular formula is C19H15F2N5O2. The first-order chi connectivity index (χ1) is 13.5. The first kappa shape index (κ1) is 17.7. The molecule has 1 amide bonds. The number of methoxy groups -OCH3 is 1. The van der Waals surface area contributed by atoms with Crippen LogP contribution in [0.1, 0.15) is 15.9 Å². The Kier molecular flexibility index (Phi) is 4.48. The van der Waals surface area contributed by atoms with E-state index in [9.17, 15) is 13.6 Å². The van der Waals surface area contributed by atoms with Crippen LogP contribution in [0, 0.1) is 11.8 Å². The van der Waals surface area contributed by atoms with E-state index in [-0.39, 0.29) is 12.5 Å². The summed E-state index contributed by atoms with van der Waals surface area (Å²) >= 11 is 0. The number of fused-ring (bicyclic) bond motifs is 1. The molecule has 3 aromatic heterocycles. The summed E-state index contributed by atoms with van der Waals surface area (Å²) in [5, 5.41) is 12.8. The Morgan fingerprint density at radius 1 is 1.25 bits per heavy atom. The van der Waals surface area contributed by atoms with Crippen LogP contribution in [0.3, 0.4) is 0 Å². The third-order valence-corrected chi connectivity index (χ3v) is 4.28. The third kappa shape index (κ3) is 3.29.